The van der Waals surface area contributed by atoms with Crippen LogP contribution in [0.5, 0.6) is 5.75 Å². The molecule has 1 heterocycles. The van der Waals surface area contributed by atoms with Gasteiger partial charge in [0, 0.05) is 30.6 Å². The minimum absolute atomic E-state index is 0.0249. The molecule has 2 aliphatic carbocycles. The van der Waals surface area contributed by atoms with Crippen molar-refractivity contribution in [3.63, 3.8) is 0 Å². The van der Waals surface area contributed by atoms with Gasteiger partial charge in [-0.1, -0.05) is 29.8 Å². The number of nitrogens with zero attached hydrogens (tertiary/aromatic N) is 1. The lowest BCUT2D eigenvalue weighted by Gasteiger charge is -2.45. The largest absolute Gasteiger partial charge is 0.490 e. The predicted molar refractivity (Wildman–Crippen MR) is 167 cm³/mol. The number of carboxylic acids is 1. The third-order valence-corrected chi connectivity index (χ3v) is 11.6. The Morgan fingerprint density at radius 3 is 2.77 bits per heavy atom. The second-order valence-corrected chi connectivity index (χ2v) is 15.2. The molecule has 0 radical (unpaired) electrons. The number of methoxy groups -OCH3 is 1. The van der Waals surface area contributed by atoms with Crippen molar-refractivity contribution in [1.82, 2.24) is 0 Å². The van der Waals surface area contributed by atoms with Crippen molar-refractivity contribution in [1.29, 1.82) is 0 Å². The number of ether oxygens (including phenoxy) is 2. The molecule has 234 valence electrons. The summed E-state index contributed by atoms with van der Waals surface area (Å²) >= 11 is 6.36. The Hall–Kier alpha value is -2.63. The van der Waals surface area contributed by atoms with E-state index in [2.05, 4.69) is 11.0 Å². The summed E-state index contributed by atoms with van der Waals surface area (Å²) in [6.07, 6.45) is 7.33. The van der Waals surface area contributed by atoms with E-state index in [-0.39, 0.29) is 35.8 Å². The highest BCUT2D eigenvalue weighted by atomic mass is 35.5. The maximum atomic E-state index is 12.2. The van der Waals surface area contributed by atoms with E-state index in [1.807, 2.05) is 12.1 Å². The van der Waals surface area contributed by atoms with E-state index >= 15 is 0 Å². The number of benzene rings is 2. The summed E-state index contributed by atoms with van der Waals surface area (Å²) in [6, 6.07) is 11.1. The lowest BCUT2D eigenvalue weighted by molar-refractivity contribution is 0.0455. The van der Waals surface area contributed by atoms with E-state index in [1.165, 1.54) is 25.2 Å². The fraction of sp³-hybridized carbons (Fsp3) is 0.531. The van der Waals surface area contributed by atoms with Crippen LogP contribution < -0.4 is 14.8 Å². The summed E-state index contributed by atoms with van der Waals surface area (Å²) in [5.74, 6) is -0.225. The van der Waals surface area contributed by atoms with Gasteiger partial charge in [0.15, 0.2) is 0 Å². The number of hydrogen-bond donors (Lipinski definition) is 3. The monoisotopic (exact) mass is 632 g/mol. The first-order valence-electron chi connectivity index (χ1n) is 14.8. The number of aliphatic hydroxyl groups is 1. The van der Waals surface area contributed by atoms with Crippen molar-refractivity contribution >= 4 is 33.3 Å². The molecule has 0 amide bonds. The number of sulfonamides is 1. The molecule has 0 saturated heterocycles. The molecule has 2 aromatic carbocycles. The molecule has 0 aromatic heterocycles. The van der Waals surface area contributed by atoms with Crippen LogP contribution in [0.15, 0.2) is 48.6 Å². The Labute approximate surface area is 258 Å². The summed E-state index contributed by atoms with van der Waals surface area (Å²) in [5, 5.41) is 27.1. The van der Waals surface area contributed by atoms with E-state index in [1.54, 1.807) is 30.4 Å². The molecule has 1 saturated carbocycles. The summed E-state index contributed by atoms with van der Waals surface area (Å²) in [5.41, 5.74) is 3.10. The van der Waals surface area contributed by atoms with Gasteiger partial charge in [0.1, 0.15) is 10.5 Å². The zero-order valence-corrected chi connectivity index (χ0v) is 26.2. The van der Waals surface area contributed by atoms with Gasteiger partial charge in [0.2, 0.25) is 10.0 Å². The van der Waals surface area contributed by atoms with Gasteiger partial charge < -0.3 is 24.6 Å². The average molecular weight is 633 g/mol. The third kappa shape index (κ3) is 6.44. The van der Waals surface area contributed by atoms with E-state index in [0.29, 0.717) is 30.5 Å². The number of aromatic carboxylic acids is 1. The number of primary sulfonamides is 1. The fourth-order valence-corrected chi connectivity index (χ4v) is 7.77. The molecule has 2 aromatic rings. The molecule has 9 nitrogen and oxygen atoms in total. The van der Waals surface area contributed by atoms with Gasteiger partial charge >= 0.3 is 5.97 Å². The predicted octanol–water partition coefficient (Wildman–Crippen LogP) is 4.54. The zero-order valence-electron chi connectivity index (χ0n) is 24.7. The van der Waals surface area contributed by atoms with Crippen molar-refractivity contribution in [2.45, 2.75) is 61.7 Å². The molecule has 1 unspecified atom stereocenters. The van der Waals surface area contributed by atoms with Crippen LogP contribution in [0.3, 0.4) is 0 Å². The first-order valence-corrected chi connectivity index (χ1v) is 16.7. The second kappa shape index (κ2) is 12.4. The second-order valence-electron chi connectivity index (χ2n) is 12.6. The van der Waals surface area contributed by atoms with Gasteiger partial charge in [-0.15, -0.1) is 0 Å². The summed E-state index contributed by atoms with van der Waals surface area (Å²) < 4.78 is 34.5. The van der Waals surface area contributed by atoms with Crippen molar-refractivity contribution in [2.75, 3.05) is 38.3 Å². The first kappa shape index (κ1) is 31.8. The highest BCUT2D eigenvalue weighted by Gasteiger charge is 2.44. The molecular formula is C32H41ClN2O7S. The minimum Gasteiger partial charge on any atom is -0.490 e. The molecule has 1 spiro atoms. The molecule has 0 bridgehead atoms. The van der Waals surface area contributed by atoms with Gasteiger partial charge in [-0.25, -0.2) is 18.4 Å². The van der Waals surface area contributed by atoms with E-state index in [4.69, 9.17) is 26.2 Å². The van der Waals surface area contributed by atoms with Crippen LogP contribution in [-0.2, 0) is 26.6 Å². The van der Waals surface area contributed by atoms with E-state index < -0.39 is 26.8 Å². The quantitative estimate of drug-likeness (QED) is 0.325. The van der Waals surface area contributed by atoms with E-state index in [0.717, 1.165) is 37.8 Å². The number of nitrogens with two attached hydrogens (primary N) is 1. The Kier molecular flexibility index (Phi) is 9.17. The minimum atomic E-state index is -3.87. The SMILES string of the molecule is COCC(C)(C/C=C/[C@H](O)[C@@H]1CC[C@H]1CN1C[C@@]2(CCCc3cc(Cl)ccc32)COc2ccc(C(=O)O)cc21)S(N)(=O)=O. The highest BCUT2D eigenvalue weighted by Crippen LogP contribution is 2.46. The zero-order chi connectivity index (χ0) is 31.0. The number of carbonyl (C=O) groups is 1. The van der Waals surface area contributed by atoms with Crippen molar-refractivity contribution in [2.24, 2.45) is 17.0 Å². The van der Waals surface area contributed by atoms with Crippen molar-refractivity contribution < 1.29 is 32.9 Å². The van der Waals surface area contributed by atoms with Crippen LogP contribution in [0.25, 0.3) is 0 Å². The number of anilines is 1. The molecule has 5 rings (SSSR count). The maximum Gasteiger partial charge on any atom is 0.335 e. The number of aryl methyl sites for hydroxylation is 1. The number of rotatable bonds is 10. The van der Waals surface area contributed by atoms with Crippen LogP contribution in [-0.4, -0.2) is 68.9 Å². The Morgan fingerprint density at radius 1 is 1.30 bits per heavy atom. The molecule has 1 aliphatic heterocycles. The van der Waals surface area contributed by atoms with Crippen molar-refractivity contribution in [3.8, 4) is 5.75 Å². The molecule has 5 atom stereocenters. The molecular weight excluding hydrogens is 592 g/mol. The van der Waals surface area contributed by atoms with Crippen LogP contribution in [0.1, 0.15) is 60.5 Å². The van der Waals surface area contributed by atoms with Gasteiger partial charge in [-0.3, -0.25) is 0 Å². The Morgan fingerprint density at radius 2 is 2.09 bits per heavy atom. The summed E-state index contributed by atoms with van der Waals surface area (Å²) in [6.45, 7) is 3.23. The fourth-order valence-electron chi connectivity index (χ4n) is 6.96. The van der Waals surface area contributed by atoms with Crippen LogP contribution in [0.4, 0.5) is 5.69 Å². The third-order valence-electron chi connectivity index (χ3n) is 9.67. The lowest BCUT2D eigenvalue weighted by atomic mass is 9.68. The number of carboxylic acid groups (broad SMARTS) is 1. The van der Waals surface area contributed by atoms with E-state index in [9.17, 15) is 23.4 Å². The topological polar surface area (TPSA) is 139 Å². The maximum absolute atomic E-state index is 12.2. The van der Waals surface area contributed by atoms with Crippen LogP contribution >= 0.6 is 11.6 Å². The standard InChI is InChI=1S/C32H41ClN2O7S/c1-31(19-41-2,43(34,39)40)13-4-6-28(36)25-10-7-23(25)17-35-18-32(14-3-5-21-15-24(33)9-11-26(21)32)20-42-29-12-8-22(30(37)38)16-27(29)35/h4,6,8-9,11-12,15-16,23,25,28,36H,3,5,7,10,13-14,17-20H2,1-2H3,(H,37,38)(H2,34,39,40)/b6-4+/t23-,25+,28-,31?,32-/m0/s1. The smallest absolute Gasteiger partial charge is 0.335 e. The number of halogens is 1. The number of fused-ring (bicyclic) bond motifs is 3. The highest BCUT2D eigenvalue weighted by molar-refractivity contribution is 7.90. The Bertz CT molecular complexity index is 1500. The van der Waals surface area contributed by atoms with Crippen molar-refractivity contribution in [3.05, 3.63) is 70.3 Å². The molecule has 1 fully saturated rings. The molecule has 43 heavy (non-hydrogen) atoms. The van der Waals surface area contributed by atoms with Crippen LogP contribution in [0.2, 0.25) is 5.02 Å². The van der Waals surface area contributed by atoms with Gasteiger partial charge in [-0.2, -0.15) is 0 Å². The molecule has 4 N–H and O–H groups in total. The molecule has 11 heteroatoms. The first-order chi connectivity index (χ1) is 20.4. The van der Waals surface area contributed by atoms with Gasteiger partial charge in [0.05, 0.1) is 30.6 Å². The van der Waals surface area contributed by atoms with Gasteiger partial charge in [0.25, 0.3) is 0 Å². The van der Waals surface area contributed by atoms with Crippen LogP contribution in [0, 0.1) is 11.8 Å². The normalized spacial score (nSPS) is 25.7. The van der Waals surface area contributed by atoms with Gasteiger partial charge in [-0.05, 0) is 98.7 Å². The summed E-state index contributed by atoms with van der Waals surface area (Å²) in [4.78, 5) is 14.2. The number of aliphatic hydroxyl groups excluding tert-OH is 1. The lowest BCUT2D eigenvalue weighted by Crippen LogP contribution is -2.49. The average Bonchev–Trinajstić information content (AvgIpc) is 3.07. The molecule has 3 aliphatic rings. The Balaban J connectivity index is 1.40. The summed E-state index contributed by atoms with van der Waals surface area (Å²) in [7, 11) is -2.44. The number of allylic oxidation sites excluding steroid dienone is 1. The number of hydrogen-bond acceptors (Lipinski definition) is 7.